The average Bonchev–Trinajstić information content (AvgIpc) is 2.07. The molecule has 0 aromatic carbocycles. The van der Waals surface area contributed by atoms with Gasteiger partial charge >= 0.3 is 0 Å². The first-order chi connectivity index (χ1) is 5.69. The second-order valence-electron chi connectivity index (χ2n) is 4.16. The summed E-state index contributed by atoms with van der Waals surface area (Å²) in [5.74, 6) is 0.829. The maximum absolute atomic E-state index is 5.72. The molecule has 70 valence electrons. The van der Waals surface area contributed by atoms with Crippen LogP contribution in [-0.2, 0) is 0 Å². The molecule has 1 aliphatic heterocycles. The number of alkyl halides is 1. The Morgan fingerprint density at radius 1 is 1.50 bits per heavy atom. The molecule has 0 radical (unpaired) electrons. The van der Waals surface area contributed by atoms with Gasteiger partial charge in [0.25, 0.3) is 0 Å². The smallest absolute Gasteiger partial charge is 0.0777 e. The van der Waals surface area contributed by atoms with E-state index >= 15 is 0 Å². The van der Waals surface area contributed by atoms with Crippen LogP contribution >= 0.6 is 11.6 Å². The van der Waals surface area contributed by atoms with Gasteiger partial charge in [-0.15, -0.1) is 18.2 Å². The molecule has 0 saturated carbocycles. The third kappa shape index (κ3) is 2.37. The topological polar surface area (TPSA) is 0 Å². The van der Waals surface area contributed by atoms with Crippen molar-refractivity contribution in [3.8, 4) is 0 Å². The van der Waals surface area contributed by atoms with Crippen molar-refractivity contribution < 1.29 is 0 Å². The maximum Gasteiger partial charge on any atom is 0.0777 e. The molecule has 0 nitrogen and oxygen atoms in total. The summed E-state index contributed by atoms with van der Waals surface area (Å²) < 4.78 is 0. The standard InChI is InChI=1S/C10H19ClSi/c1-10-6-3-4-8-12(10,2)9-5-7-11/h1,3-9H2,2H3. The molecule has 0 aliphatic carbocycles. The Balaban J connectivity index is 2.48. The maximum atomic E-state index is 5.72. The normalized spacial score (nSPS) is 30.7. The highest BCUT2D eigenvalue weighted by atomic mass is 35.5. The quantitative estimate of drug-likeness (QED) is 0.480. The van der Waals surface area contributed by atoms with Gasteiger partial charge in [-0.1, -0.05) is 36.7 Å². The van der Waals surface area contributed by atoms with Crippen LogP contribution in [0, 0.1) is 0 Å². The van der Waals surface area contributed by atoms with E-state index in [1.54, 1.807) is 5.20 Å². The highest BCUT2D eigenvalue weighted by Crippen LogP contribution is 2.34. The Labute approximate surface area is 82.0 Å². The molecule has 1 fully saturated rings. The molecule has 0 amide bonds. The SMILES string of the molecule is C=C1CCCC[Si]1(C)CCCCl. The molecule has 0 aromatic heterocycles. The lowest BCUT2D eigenvalue weighted by Crippen LogP contribution is -2.35. The Hall–Kier alpha value is 0.247. The molecule has 12 heavy (non-hydrogen) atoms. The molecular formula is C10H19ClSi. The lowest BCUT2D eigenvalue weighted by Gasteiger charge is -2.33. The van der Waals surface area contributed by atoms with Crippen molar-refractivity contribution in [3.05, 3.63) is 11.8 Å². The summed E-state index contributed by atoms with van der Waals surface area (Å²) >= 11 is 5.72. The van der Waals surface area contributed by atoms with Crippen molar-refractivity contribution in [2.45, 2.75) is 44.3 Å². The highest BCUT2D eigenvalue weighted by Gasteiger charge is 2.31. The minimum Gasteiger partial charge on any atom is -0.127 e. The molecule has 1 unspecified atom stereocenters. The zero-order valence-corrected chi connectivity index (χ0v) is 9.79. The van der Waals surface area contributed by atoms with Crippen molar-refractivity contribution in [3.63, 3.8) is 0 Å². The summed E-state index contributed by atoms with van der Waals surface area (Å²) in [6.07, 6.45) is 5.31. The molecule has 1 saturated heterocycles. The van der Waals surface area contributed by atoms with Gasteiger partial charge in [0.2, 0.25) is 0 Å². The number of halogens is 1. The number of rotatable bonds is 3. The van der Waals surface area contributed by atoms with E-state index in [1.165, 1.54) is 37.8 Å². The molecular weight excluding hydrogens is 184 g/mol. The zero-order chi connectivity index (χ0) is 9.03. The Bertz CT molecular complexity index is 167. The molecule has 1 heterocycles. The molecule has 0 spiro atoms. The summed E-state index contributed by atoms with van der Waals surface area (Å²) in [4.78, 5) is 0. The van der Waals surface area contributed by atoms with Crippen molar-refractivity contribution in [1.29, 1.82) is 0 Å². The third-order valence-electron chi connectivity index (χ3n) is 3.17. The summed E-state index contributed by atoms with van der Waals surface area (Å²) in [7, 11) is -1.04. The van der Waals surface area contributed by atoms with Gasteiger partial charge in [-0.2, -0.15) is 0 Å². The van der Waals surface area contributed by atoms with Crippen LogP contribution < -0.4 is 0 Å². The van der Waals surface area contributed by atoms with E-state index in [0.29, 0.717) is 0 Å². The fraction of sp³-hybridized carbons (Fsp3) is 0.800. The van der Waals surface area contributed by atoms with Crippen molar-refractivity contribution in [2.75, 3.05) is 5.88 Å². The van der Waals surface area contributed by atoms with Gasteiger partial charge in [0.1, 0.15) is 0 Å². The minimum atomic E-state index is -1.04. The second kappa shape index (κ2) is 4.47. The Kier molecular flexibility index (Phi) is 3.85. The van der Waals surface area contributed by atoms with Crippen LogP contribution in [0.2, 0.25) is 18.6 Å². The Morgan fingerprint density at radius 3 is 2.83 bits per heavy atom. The summed E-state index contributed by atoms with van der Waals surface area (Å²) in [6.45, 7) is 6.73. The van der Waals surface area contributed by atoms with Gasteiger partial charge in [0.05, 0.1) is 8.07 Å². The van der Waals surface area contributed by atoms with E-state index in [2.05, 4.69) is 13.1 Å². The van der Waals surface area contributed by atoms with Gasteiger partial charge in [-0.05, 0) is 12.8 Å². The number of hydrogen-bond acceptors (Lipinski definition) is 0. The van der Waals surface area contributed by atoms with E-state index in [4.69, 9.17) is 11.6 Å². The van der Waals surface area contributed by atoms with Gasteiger partial charge < -0.3 is 0 Å². The first-order valence-electron chi connectivity index (χ1n) is 4.93. The van der Waals surface area contributed by atoms with Crippen LogP contribution in [0.1, 0.15) is 25.7 Å². The minimum absolute atomic E-state index is 0.829. The summed E-state index contributed by atoms with van der Waals surface area (Å²) in [5.41, 5.74) is 0. The van der Waals surface area contributed by atoms with Crippen LogP contribution in [0.4, 0.5) is 0 Å². The van der Waals surface area contributed by atoms with Crippen LogP contribution in [0.15, 0.2) is 11.8 Å². The first kappa shape index (κ1) is 10.3. The fourth-order valence-electron chi connectivity index (χ4n) is 2.09. The molecule has 1 atom stereocenters. The largest absolute Gasteiger partial charge is 0.127 e. The van der Waals surface area contributed by atoms with Crippen molar-refractivity contribution in [1.82, 2.24) is 0 Å². The number of hydrogen-bond donors (Lipinski definition) is 0. The van der Waals surface area contributed by atoms with E-state index in [1.807, 2.05) is 0 Å². The van der Waals surface area contributed by atoms with Crippen LogP contribution in [-0.4, -0.2) is 14.0 Å². The van der Waals surface area contributed by atoms with E-state index < -0.39 is 8.07 Å². The Morgan fingerprint density at radius 2 is 2.25 bits per heavy atom. The molecule has 2 heteroatoms. The van der Waals surface area contributed by atoms with Crippen LogP contribution in [0.5, 0.6) is 0 Å². The van der Waals surface area contributed by atoms with E-state index in [0.717, 1.165) is 5.88 Å². The zero-order valence-electron chi connectivity index (χ0n) is 8.03. The predicted molar refractivity (Wildman–Crippen MR) is 59.6 cm³/mol. The second-order valence-corrected chi connectivity index (χ2v) is 9.37. The molecule has 0 N–H and O–H groups in total. The molecule has 0 bridgehead atoms. The first-order valence-corrected chi connectivity index (χ1v) is 8.38. The van der Waals surface area contributed by atoms with Gasteiger partial charge in [0, 0.05) is 5.88 Å². The van der Waals surface area contributed by atoms with Gasteiger partial charge in [0.15, 0.2) is 0 Å². The predicted octanol–water partition coefficient (Wildman–Crippen LogP) is 3.97. The summed E-state index contributed by atoms with van der Waals surface area (Å²) in [6, 6.07) is 2.83. The lowest BCUT2D eigenvalue weighted by molar-refractivity contribution is 0.753. The number of allylic oxidation sites excluding steroid dienone is 1. The monoisotopic (exact) mass is 202 g/mol. The summed E-state index contributed by atoms with van der Waals surface area (Å²) in [5, 5.41) is 1.60. The van der Waals surface area contributed by atoms with Crippen LogP contribution in [0.25, 0.3) is 0 Å². The van der Waals surface area contributed by atoms with Gasteiger partial charge in [-0.3, -0.25) is 0 Å². The lowest BCUT2D eigenvalue weighted by atomic mass is 10.2. The molecule has 1 rings (SSSR count). The van der Waals surface area contributed by atoms with Crippen molar-refractivity contribution >= 4 is 19.7 Å². The molecule has 0 aromatic rings. The van der Waals surface area contributed by atoms with Crippen LogP contribution in [0.3, 0.4) is 0 Å². The highest BCUT2D eigenvalue weighted by molar-refractivity contribution is 6.85. The van der Waals surface area contributed by atoms with Crippen molar-refractivity contribution in [2.24, 2.45) is 0 Å². The third-order valence-corrected chi connectivity index (χ3v) is 8.31. The van der Waals surface area contributed by atoms with E-state index in [9.17, 15) is 0 Å². The average molecular weight is 203 g/mol. The van der Waals surface area contributed by atoms with Gasteiger partial charge in [-0.25, -0.2) is 0 Å². The molecule has 1 aliphatic rings. The van der Waals surface area contributed by atoms with E-state index in [-0.39, 0.29) is 0 Å². The fourth-order valence-corrected chi connectivity index (χ4v) is 6.17.